The Bertz CT molecular complexity index is 774. The molecule has 0 N–H and O–H groups in total. The van der Waals surface area contributed by atoms with E-state index in [9.17, 15) is 9.59 Å². The Morgan fingerprint density at radius 2 is 1.44 bits per heavy atom. The summed E-state index contributed by atoms with van der Waals surface area (Å²) in [5.41, 5.74) is 2.41. The van der Waals surface area contributed by atoms with Crippen molar-refractivity contribution in [3.8, 4) is 0 Å². The van der Waals surface area contributed by atoms with Crippen molar-refractivity contribution in [1.82, 2.24) is 9.80 Å². The SMILES string of the molecule is Cc1ccc(C(=O)N2CCCN(C(=O)c3cccc(Cl)c3)CC2)cc1. The lowest BCUT2D eigenvalue weighted by Crippen LogP contribution is -2.37. The Balaban J connectivity index is 1.67. The molecule has 130 valence electrons. The lowest BCUT2D eigenvalue weighted by molar-refractivity contribution is 0.0719. The fraction of sp³-hybridized carbons (Fsp3) is 0.300. The van der Waals surface area contributed by atoms with Crippen LogP contribution >= 0.6 is 11.6 Å². The van der Waals surface area contributed by atoms with Gasteiger partial charge in [-0.15, -0.1) is 0 Å². The lowest BCUT2D eigenvalue weighted by Gasteiger charge is -2.22. The van der Waals surface area contributed by atoms with E-state index in [0.717, 1.165) is 12.0 Å². The maximum Gasteiger partial charge on any atom is 0.253 e. The molecule has 25 heavy (non-hydrogen) atoms. The molecule has 1 aliphatic heterocycles. The number of rotatable bonds is 2. The molecule has 0 aliphatic carbocycles. The molecule has 0 saturated carbocycles. The third-order valence-corrected chi connectivity index (χ3v) is 4.68. The molecule has 2 aromatic rings. The maximum absolute atomic E-state index is 12.7. The summed E-state index contributed by atoms with van der Waals surface area (Å²) in [4.78, 5) is 28.9. The van der Waals surface area contributed by atoms with Crippen LogP contribution in [0.4, 0.5) is 0 Å². The van der Waals surface area contributed by atoms with Crippen LogP contribution in [0.5, 0.6) is 0 Å². The van der Waals surface area contributed by atoms with Gasteiger partial charge in [-0.2, -0.15) is 0 Å². The van der Waals surface area contributed by atoms with Gasteiger partial charge in [-0.05, 0) is 43.7 Å². The summed E-state index contributed by atoms with van der Waals surface area (Å²) in [7, 11) is 0. The minimum Gasteiger partial charge on any atom is -0.337 e. The Morgan fingerprint density at radius 1 is 0.840 bits per heavy atom. The van der Waals surface area contributed by atoms with Crippen molar-refractivity contribution < 1.29 is 9.59 Å². The van der Waals surface area contributed by atoms with Crippen molar-refractivity contribution in [3.05, 3.63) is 70.2 Å². The molecule has 2 amide bonds. The van der Waals surface area contributed by atoms with Crippen molar-refractivity contribution in [2.75, 3.05) is 26.2 Å². The van der Waals surface area contributed by atoms with E-state index < -0.39 is 0 Å². The fourth-order valence-electron chi connectivity index (χ4n) is 3.01. The van der Waals surface area contributed by atoms with Crippen LogP contribution in [0.3, 0.4) is 0 Å². The fourth-order valence-corrected chi connectivity index (χ4v) is 3.20. The van der Waals surface area contributed by atoms with E-state index in [1.165, 1.54) is 0 Å². The molecule has 1 fully saturated rings. The van der Waals surface area contributed by atoms with Crippen molar-refractivity contribution in [2.24, 2.45) is 0 Å². The molecule has 4 nitrogen and oxygen atoms in total. The van der Waals surface area contributed by atoms with Gasteiger partial charge >= 0.3 is 0 Å². The second kappa shape index (κ2) is 7.70. The normalized spacial score (nSPS) is 15.0. The number of carbonyl (C=O) groups is 2. The topological polar surface area (TPSA) is 40.6 Å². The number of halogens is 1. The van der Waals surface area contributed by atoms with E-state index in [4.69, 9.17) is 11.6 Å². The van der Waals surface area contributed by atoms with Crippen molar-refractivity contribution in [1.29, 1.82) is 0 Å². The first-order valence-electron chi connectivity index (χ1n) is 8.45. The smallest absolute Gasteiger partial charge is 0.253 e. The first-order valence-corrected chi connectivity index (χ1v) is 8.83. The predicted octanol–water partition coefficient (Wildman–Crippen LogP) is 3.64. The van der Waals surface area contributed by atoms with Gasteiger partial charge in [0.25, 0.3) is 11.8 Å². The first kappa shape index (κ1) is 17.5. The summed E-state index contributed by atoms with van der Waals surface area (Å²) >= 11 is 5.98. The maximum atomic E-state index is 12.7. The van der Waals surface area contributed by atoms with Crippen LogP contribution in [-0.2, 0) is 0 Å². The molecule has 2 aromatic carbocycles. The molecule has 5 heteroatoms. The standard InChI is InChI=1S/C20H21ClN2O2/c1-15-6-8-16(9-7-15)19(24)22-10-3-11-23(13-12-22)20(25)17-4-2-5-18(21)14-17/h2,4-9,14H,3,10-13H2,1H3. The van der Waals surface area contributed by atoms with Crippen molar-refractivity contribution in [3.63, 3.8) is 0 Å². The highest BCUT2D eigenvalue weighted by Gasteiger charge is 2.23. The van der Waals surface area contributed by atoms with Gasteiger partial charge in [0.2, 0.25) is 0 Å². The highest BCUT2D eigenvalue weighted by Crippen LogP contribution is 2.15. The van der Waals surface area contributed by atoms with E-state index in [0.29, 0.717) is 42.3 Å². The summed E-state index contributed by atoms with van der Waals surface area (Å²) in [6.45, 7) is 4.37. The van der Waals surface area contributed by atoms with E-state index in [1.54, 1.807) is 29.2 Å². The van der Waals surface area contributed by atoms with Gasteiger partial charge in [-0.3, -0.25) is 9.59 Å². The van der Waals surface area contributed by atoms with Crippen LogP contribution < -0.4 is 0 Å². The number of amides is 2. The Kier molecular flexibility index (Phi) is 5.39. The zero-order chi connectivity index (χ0) is 17.8. The summed E-state index contributed by atoms with van der Waals surface area (Å²) in [5, 5.41) is 0.553. The van der Waals surface area contributed by atoms with E-state index in [2.05, 4.69) is 0 Å². The zero-order valence-electron chi connectivity index (χ0n) is 14.2. The van der Waals surface area contributed by atoms with Gasteiger partial charge in [0.05, 0.1) is 0 Å². The third-order valence-electron chi connectivity index (χ3n) is 4.44. The summed E-state index contributed by atoms with van der Waals surface area (Å²) in [5.74, 6) is -0.0100. The molecule has 1 aliphatic rings. The van der Waals surface area contributed by atoms with Crippen molar-refractivity contribution >= 4 is 23.4 Å². The quantitative estimate of drug-likeness (QED) is 0.824. The van der Waals surface area contributed by atoms with Crippen molar-refractivity contribution in [2.45, 2.75) is 13.3 Å². The largest absolute Gasteiger partial charge is 0.337 e. The zero-order valence-corrected chi connectivity index (χ0v) is 15.0. The monoisotopic (exact) mass is 356 g/mol. The number of carbonyl (C=O) groups excluding carboxylic acids is 2. The second-order valence-electron chi connectivity index (χ2n) is 6.31. The minimum atomic E-state index is -0.0351. The highest BCUT2D eigenvalue weighted by molar-refractivity contribution is 6.30. The van der Waals surface area contributed by atoms with Gasteiger partial charge in [-0.1, -0.05) is 35.4 Å². The number of hydrogen-bond donors (Lipinski definition) is 0. The van der Waals surface area contributed by atoms with Crippen LogP contribution in [-0.4, -0.2) is 47.8 Å². The molecular formula is C20H21ClN2O2. The summed E-state index contributed by atoms with van der Waals surface area (Å²) in [6, 6.07) is 14.6. The van der Waals surface area contributed by atoms with Gasteiger partial charge in [0.1, 0.15) is 0 Å². The molecule has 0 spiro atoms. The van der Waals surface area contributed by atoms with E-state index in [1.807, 2.05) is 36.1 Å². The average molecular weight is 357 g/mol. The number of hydrogen-bond acceptors (Lipinski definition) is 2. The lowest BCUT2D eigenvalue weighted by atomic mass is 10.1. The molecule has 1 saturated heterocycles. The van der Waals surface area contributed by atoms with Crippen LogP contribution in [0.2, 0.25) is 5.02 Å². The Labute approximate surface area is 153 Å². The number of benzene rings is 2. The Morgan fingerprint density at radius 3 is 2.04 bits per heavy atom. The number of aryl methyl sites for hydroxylation is 1. The predicted molar refractivity (Wildman–Crippen MR) is 99.1 cm³/mol. The molecule has 0 unspecified atom stereocenters. The summed E-state index contributed by atoms with van der Waals surface area (Å²) < 4.78 is 0. The second-order valence-corrected chi connectivity index (χ2v) is 6.75. The molecule has 1 heterocycles. The molecule has 0 aromatic heterocycles. The van der Waals surface area contributed by atoms with Gasteiger partial charge < -0.3 is 9.80 Å². The molecule has 0 bridgehead atoms. The number of nitrogens with zero attached hydrogens (tertiary/aromatic N) is 2. The van der Waals surface area contributed by atoms with E-state index >= 15 is 0 Å². The molecular weight excluding hydrogens is 336 g/mol. The third kappa shape index (κ3) is 4.20. The van der Waals surface area contributed by atoms with Gasteiger partial charge in [0.15, 0.2) is 0 Å². The minimum absolute atomic E-state index is 0.0251. The average Bonchev–Trinajstić information content (AvgIpc) is 2.87. The van der Waals surface area contributed by atoms with Gasteiger partial charge in [0, 0.05) is 42.3 Å². The van der Waals surface area contributed by atoms with Gasteiger partial charge in [-0.25, -0.2) is 0 Å². The first-order chi connectivity index (χ1) is 12.0. The van der Waals surface area contributed by atoms with Crippen LogP contribution in [0, 0.1) is 6.92 Å². The van der Waals surface area contributed by atoms with Crippen LogP contribution in [0.15, 0.2) is 48.5 Å². The molecule has 0 radical (unpaired) electrons. The summed E-state index contributed by atoms with van der Waals surface area (Å²) in [6.07, 6.45) is 0.768. The highest BCUT2D eigenvalue weighted by atomic mass is 35.5. The Hall–Kier alpha value is -2.33. The molecule has 3 rings (SSSR count). The molecule has 0 atom stereocenters. The van der Waals surface area contributed by atoms with Crippen LogP contribution in [0.1, 0.15) is 32.7 Å². The van der Waals surface area contributed by atoms with Crippen LogP contribution in [0.25, 0.3) is 0 Å². The van der Waals surface area contributed by atoms with E-state index in [-0.39, 0.29) is 11.8 Å².